The van der Waals surface area contributed by atoms with E-state index >= 15 is 0 Å². The normalized spacial score (nSPS) is 14.8. The van der Waals surface area contributed by atoms with Gasteiger partial charge in [0.15, 0.2) is 11.6 Å². The average Bonchev–Trinajstić information content (AvgIpc) is 3.21. The van der Waals surface area contributed by atoms with E-state index < -0.39 is 39.8 Å². The minimum Gasteiger partial charge on any atom is -0.465 e. The molecule has 0 atom stereocenters. The maximum atomic E-state index is 14.9. The van der Waals surface area contributed by atoms with Gasteiger partial charge in [-0.15, -0.1) is 0 Å². The number of piperazine rings is 2. The number of carboxylic acid groups (broad SMARTS) is 1. The van der Waals surface area contributed by atoms with Crippen LogP contribution in [0.25, 0.3) is 0 Å². The first-order chi connectivity index (χ1) is 29.4. The number of pyridine rings is 2. The molecule has 2 aromatic carbocycles. The lowest BCUT2D eigenvalue weighted by molar-refractivity contribution is 0.102. The van der Waals surface area contributed by atoms with Gasteiger partial charge < -0.3 is 31.3 Å². The standard InChI is InChI=1S/C20H26FN5O3S.C19H22FN5O3.C4H10/c1-3-30(28,29)26-11-9-25(10-12-26)14-16-5-4-6-18(19(16)21)24-20(27)23-17-7-8-22-15(2)13-17;1-13-11-15(5-6-21-13)22-18(26)23-16-4-2-3-14(17(16)20)12-24-7-9-25(10-8-24)19(27)28;1-4(2)3/h4-8,13H,3,9-12,14H2,1-2H3,(H2,22,23,24,27);2-6,11H,7-10,12H2,1H3,(H,27,28)(H2,21,22,23,26);4H,1-3H3. The van der Waals surface area contributed by atoms with Crippen LogP contribution in [0.1, 0.15) is 50.2 Å². The summed E-state index contributed by atoms with van der Waals surface area (Å²) in [4.78, 5) is 48.8. The Morgan fingerprint density at radius 2 is 1.08 bits per heavy atom. The smallest absolute Gasteiger partial charge is 0.407 e. The second-order valence-electron chi connectivity index (χ2n) is 15.4. The van der Waals surface area contributed by atoms with Gasteiger partial charge in [-0.1, -0.05) is 45.0 Å². The number of aryl methyl sites for hydroxylation is 2. The van der Waals surface area contributed by atoms with Crippen LogP contribution in [0.15, 0.2) is 73.1 Å². The van der Waals surface area contributed by atoms with Crippen molar-refractivity contribution in [3.63, 3.8) is 0 Å². The third-order valence-corrected chi connectivity index (χ3v) is 11.4. The number of carbonyl (C=O) groups excluding carboxylic acids is 2. The molecule has 0 saturated carbocycles. The molecule has 0 aliphatic carbocycles. The third-order valence-electron chi connectivity index (χ3n) is 9.48. The first-order valence-corrected chi connectivity index (χ1v) is 22.0. The van der Waals surface area contributed by atoms with Crippen molar-refractivity contribution in [3.8, 4) is 0 Å². The minimum atomic E-state index is -3.20. The van der Waals surface area contributed by atoms with Crippen LogP contribution < -0.4 is 21.3 Å². The molecule has 62 heavy (non-hydrogen) atoms. The molecule has 6 rings (SSSR count). The molecule has 4 aromatic rings. The molecule has 336 valence electrons. The van der Waals surface area contributed by atoms with Crippen molar-refractivity contribution < 1.29 is 36.7 Å². The first-order valence-electron chi connectivity index (χ1n) is 20.4. The van der Waals surface area contributed by atoms with E-state index in [4.69, 9.17) is 5.11 Å². The van der Waals surface area contributed by atoms with Gasteiger partial charge in [0.2, 0.25) is 10.0 Å². The number of sulfonamides is 1. The number of benzene rings is 2. The molecule has 5 N–H and O–H groups in total. The second kappa shape index (κ2) is 23.5. The summed E-state index contributed by atoms with van der Waals surface area (Å²) in [5.41, 5.74) is 3.71. The lowest BCUT2D eigenvalue weighted by Crippen LogP contribution is -2.48. The Morgan fingerprint density at radius 1 is 0.677 bits per heavy atom. The van der Waals surface area contributed by atoms with Gasteiger partial charge in [-0.3, -0.25) is 19.8 Å². The topological polar surface area (TPSA) is 192 Å². The number of hydrogen-bond acceptors (Lipinski definition) is 9. The molecule has 2 aromatic heterocycles. The minimum absolute atomic E-state index is 0.0798. The van der Waals surface area contributed by atoms with E-state index in [0.717, 1.165) is 17.3 Å². The molecule has 2 aliphatic heterocycles. The first kappa shape index (κ1) is 48.9. The van der Waals surface area contributed by atoms with Crippen molar-refractivity contribution in [3.05, 3.63) is 107 Å². The number of amides is 5. The van der Waals surface area contributed by atoms with Gasteiger partial charge >= 0.3 is 18.2 Å². The molecule has 16 nitrogen and oxygen atoms in total. The summed E-state index contributed by atoms with van der Waals surface area (Å²) in [6.45, 7) is 16.1. The van der Waals surface area contributed by atoms with Crippen LogP contribution in [0, 0.1) is 31.4 Å². The van der Waals surface area contributed by atoms with Crippen LogP contribution in [-0.2, 0) is 23.1 Å². The number of nitrogens with zero attached hydrogens (tertiary/aromatic N) is 6. The summed E-state index contributed by atoms with van der Waals surface area (Å²) < 4.78 is 55.1. The summed E-state index contributed by atoms with van der Waals surface area (Å²) in [6.07, 6.45) is 2.22. The third kappa shape index (κ3) is 15.6. The van der Waals surface area contributed by atoms with Gasteiger partial charge in [0.1, 0.15) is 0 Å². The predicted molar refractivity (Wildman–Crippen MR) is 238 cm³/mol. The van der Waals surface area contributed by atoms with Crippen LogP contribution in [0.3, 0.4) is 0 Å². The lowest BCUT2D eigenvalue weighted by atomic mass is 10.1. The SMILES string of the molecule is CC(C)C.CCS(=O)(=O)N1CCN(Cc2cccc(NC(=O)Nc3ccnc(C)c3)c2F)CC1.Cc1cc(NC(=O)Nc2cccc(CN3CCN(C(=O)O)CC3)c2F)ccn1. The van der Waals surface area contributed by atoms with Crippen molar-refractivity contribution in [1.29, 1.82) is 0 Å². The van der Waals surface area contributed by atoms with E-state index in [1.165, 1.54) is 21.3 Å². The van der Waals surface area contributed by atoms with Crippen LogP contribution in [0.5, 0.6) is 0 Å². The number of aromatic nitrogens is 2. The quantitative estimate of drug-likeness (QED) is 0.108. The number of nitrogens with one attached hydrogen (secondary N) is 4. The van der Waals surface area contributed by atoms with Crippen LogP contribution in [0.4, 0.5) is 45.9 Å². The Labute approximate surface area is 362 Å². The van der Waals surface area contributed by atoms with E-state index in [1.807, 2.05) is 23.6 Å². The Kier molecular flexibility index (Phi) is 18.5. The monoisotopic (exact) mass is 880 g/mol. The van der Waals surface area contributed by atoms with E-state index in [-0.39, 0.29) is 17.1 Å². The Balaban J connectivity index is 0.000000251. The molecule has 2 aliphatic rings. The molecular formula is C43H58F2N10O6S. The summed E-state index contributed by atoms with van der Waals surface area (Å²) in [6, 6.07) is 15.3. The highest BCUT2D eigenvalue weighted by molar-refractivity contribution is 7.89. The van der Waals surface area contributed by atoms with Gasteiger partial charge in [-0.2, -0.15) is 4.31 Å². The molecule has 0 unspecified atom stereocenters. The average molecular weight is 881 g/mol. The summed E-state index contributed by atoms with van der Waals surface area (Å²) in [5, 5.41) is 19.4. The van der Waals surface area contributed by atoms with Crippen LogP contribution in [-0.4, -0.2) is 119 Å². The maximum Gasteiger partial charge on any atom is 0.407 e. The van der Waals surface area contributed by atoms with Crippen LogP contribution in [0.2, 0.25) is 0 Å². The van der Waals surface area contributed by atoms with Gasteiger partial charge in [0.05, 0.1) is 17.1 Å². The highest BCUT2D eigenvalue weighted by atomic mass is 32.2. The summed E-state index contributed by atoms with van der Waals surface area (Å²) >= 11 is 0. The Bertz CT molecular complexity index is 2230. The van der Waals surface area contributed by atoms with E-state index in [9.17, 15) is 31.6 Å². The zero-order valence-electron chi connectivity index (χ0n) is 36.1. The number of halogens is 2. The van der Waals surface area contributed by atoms with Gasteiger partial charge in [0.25, 0.3) is 0 Å². The summed E-state index contributed by atoms with van der Waals surface area (Å²) in [5.74, 6) is -0.0809. The van der Waals surface area contributed by atoms with Crippen molar-refractivity contribution in [1.82, 2.24) is 29.0 Å². The van der Waals surface area contributed by atoms with Crippen molar-refractivity contribution >= 4 is 50.9 Å². The van der Waals surface area contributed by atoms with Crippen molar-refractivity contribution in [2.24, 2.45) is 5.92 Å². The molecule has 0 spiro atoms. The van der Waals surface area contributed by atoms with Crippen molar-refractivity contribution in [2.45, 2.75) is 54.6 Å². The summed E-state index contributed by atoms with van der Waals surface area (Å²) in [7, 11) is -3.20. The number of carbonyl (C=O) groups is 3. The fourth-order valence-electron chi connectivity index (χ4n) is 6.34. The molecule has 5 amide bonds. The number of anilines is 4. The molecule has 0 radical (unpaired) electrons. The highest BCUT2D eigenvalue weighted by Gasteiger charge is 2.26. The fourth-order valence-corrected chi connectivity index (χ4v) is 7.43. The zero-order valence-corrected chi connectivity index (χ0v) is 36.9. The van der Waals surface area contributed by atoms with Gasteiger partial charge in [-0.25, -0.2) is 31.6 Å². The lowest BCUT2D eigenvalue weighted by Gasteiger charge is -2.33. The Morgan fingerprint density at radius 3 is 1.45 bits per heavy atom. The van der Waals surface area contributed by atoms with E-state index in [0.29, 0.717) is 87.9 Å². The Hall–Kier alpha value is -5.76. The highest BCUT2D eigenvalue weighted by Crippen LogP contribution is 2.23. The van der Waals surface area contributed by atoms with Gasteiger partial charge in [0, 0.05) is 112 Å². The molecule has 0 bridgehead atoms. The van der Waals surface area contributed by atoms with E-state index in [2.05, 4.69) is 52.0 Å². The molecular weight excluding hydrogens is 823 g/mol. The second-order valence-corrected chi connectivity index (χ2v) is 17.7. The number of urea groups is 2. The van der Waals surface area contributed by atoms with E-state index in [1.54, 1.807) is 67.8 Å². The number of rotatable bonds is 10. The zero-order chi connectivity index (χ0) is 45.4. The predicted octanol–water partition coefficient (Wildman–Crippen LogP) is 7.27. The largest absolute Gasteiger partial charge is 0.465 e. The molecule has 2 fully saturated rings. The molecule has 19 heteroatoms. The van der Waals surface area contributed by atoms with Crippen molar-refractivity contribution in [2.75, 3.05) is 79.4 Å². The molecule has 2 saturated heterocycles. The van der Waals surface area contributed by atoms with Gasteiger partial charge in [-0.05, 0) is 63.1 Å². The maximum absolute atomic E-state index is 14.9. The molecule has 4 heterocycles. The van der Waals surface area contributed by atoms with Crippen LogP contribution >= 0.6 is 0 Å². The number of hydrogen-bond donors (Lipinski definition) is 5. The fraction of sp³-hybridized carbons (Fsp3) is 0.419.